The molecule has 1 aliphatic heterocycles. The fraction of sp³-hybridized carbons (Fsp3) is 0.323. The zero-order valence-corrected chi connectivity index (χ0v) is 25.3. The standard InChI is InChI=1S/C31H32F2N6O3S/c1-7-24(41)37-14-18(5)38(15-17(37)4)29-19-13-21(33)27(25-20(32)9-8-10-22(25)40)35-30(19)39(31(42)36-29)28-23(43-6)11-12-34-26(28)16(2)3/h7-13,16-18,40H,1,14-15H2,2-6H3/t17-,18+/m1/s1. The minimum Gasteiger partial charge on any atom is -0.507 e. The smallest absolute Gasteiger partial charge is 0.355 e. The molecular formula is C31H32F2N6O3S. The molecule has 9 nitrogen and oxygen atoms in total. The first-order valence-electron chi connectivity index (χ1n) is 13.8. The quantitative estimate of drug-likeness (QED) is 0.234. The van der Waals surface area contributed by atoms with E-state index in [2.05, 4.69) is 21.5 Å². The molecular weight excluding hydrogens is 574 g/mol. The van der Waals surface area contributed by atoms with Gasteiger partial charge in [-0.25, -0.2) is 23.1 Å². The van der Waals surface area contributed by atoms with Crippen molar-refractivity contribution in [1.82, 2.24) is 24.4 Å². The van der Waals surface area contributed by atoms with Crippen molar-refractivity contribution in [3.05, 3.63) is 77.0 Å². The highest BCUT2D eigenvalue weighted by atomic mass is 32.2. The first-order valence-corrected chi connectivity index (χ1v) is 15.0. The number of carbonyl (C=O) groups is 1. The average molecular weight is 607 g/mol. The number of carbonyl (C=O) groups excluding carboxylic acids is 1. The van der Waals surface area contributed by atoms with Crippen molar-refractivity contribution in [3.63, 3.8) is 0 Å². The van der Waals surface area contributed by atoms with Crippen LogP contribution < -0.4 is 10.6 Å². The van der Waals surface area contributed by atoms with Crippen molar-refractivity contribution < 1.29 is 18.7 Å². The summed E-state index contributed by atoms with van der Waals surface area (Å²) in [4.78, 5) is 44.3. The van der Waals surface area contributed by atoms with Crippen LogP contribution in [-0.2, 0) is 4.79 Å². The fourth-order valence-electron chi connectivity index (χ4n) is 5.56. The fourth-order valence-corrected chi connectivity index (χ4v) is 6.14. The summed E-state index contributed by atoms with van der Waals surface area (Å²) in [7, 11) is 0. The normalized spacial score (nSPS) is 17.1. The van der Waals surface area contributed by atoms with Gasteiger partial charge in [-0.1, -0.05) is 26.5 Å². The van der Waals surface area contributed by atoms with E-state index in [1.807, 2.05) is 38.9 Å². The van der Waals surface area contributed by atoms with Gasteiger partial charge in [-0.15, -0.1) is 11.8 Å². The van der Waals surface area contributed by atoms with Crippen LogP contribution in [0.3, 0.4) is 0 Å². The summed E-state index contributed by atoms with van der Waals surface area (Å²) < 4.78 is 32.2. The number of amides is 1. The number of benzene rings is 1. The monoisotopic (exact) mass is 606 g/mol. The van der Waals surface area contributed by atoms with E-state index in [1.165, 1.54) is 40.6 Å². The highest BCUT2D eigenvalue weighted by molar-refractivity contribution is 7.98. The van der Waals surface area contributed by atoms with Gasteiger partial charge < -0.3 is 14.9 Å². The molecule has 0 radical (unpaired) electrons. The number of hydrogen-bond acceptors (Lipinski definition) is 8. The zero-order chi connectivity index (χ0) is 31.2. The predicted molar refractivity (Wildman–Crippen MR) is 164 cm³/mol. The molecule has 0 unspecified atom stereocenters. The van der Waals surface area contributed by atoms with Gasteiger partial charge in [0.05, 0.1) is 22.3 Å². The van der Waals surface area contributed by atoms with Crippen molar-refractivity contribution in [2.24, 2.45) is 0 Å². The zero-order valence-electron chi connectivity index (χ0n) is 24.5. The van der Waals surface area contributed by atoms with Crippen LogP contribution in [-0.4, -0.2) is 66.9 Å². The molecule has 1 amide bonds. The number of halogens is 2. The number of fused-ring (bicyclic) bond motifs is 1. The molecule has 43 heavy (non-hydrogen) atoms. The lowest BCUT2D eigenvalue weighted by Gasteiger charge is -2.44. The van der Waals surface area contributed by atoms with E-state index in [1.54, 1.807) is 17.2 Å². The van der Waals surface area contributed by atoms with E-state index in [9.17, 15) is 19.1 Å². The summed E-state index contributed by atoms with van der Waals surface area (Å²) in [6.07, 6.45) is 4.78. The van der Waals surface area contributed by atoms with E-state index < -0.39 is 34.3 Å². The number of aromatic hydroxyl groups is 1. The van der Waals surface area contributed by atoms with Crippen LogP contribution in [0.5, 0.6) is 5.75 Å². The van der Waals surface area contributed by atoms with Gasteiger partial charge in [-0.3, -0.25) is 9.78 Å². The molecule has 1 aromatic carbocycles. The SMILES string of the molecule is C=CC(=O)N1C[C@H](C)N(c2nc(=O)n(-c3c(SC)ccnc3C(C)C)c3nc(-c4c(O)cccc4F)c(F)cc23)C[C@H]1C. The van der Waals surface area contributed by atoms with Gasteiger partial charge >= 0.3 is 5.69 Å². The summed E-state index contributed by atoms with van der Waals surface area (Å²) in [6, 6.07) is 6.03. The molecule has 12 heteroatoms. The highest BCUT2D eigenvalue weighted by Gasteiger charge is 2.34. The third-order valence-corrected chi connectivity index (χ3v) is 8.42. The van der Waals surface area contributed by atoms with E-state index in [4.69, 9.17) is 0 Å². The van der Waals surface area contributed by atoms with Crippen molar-refractivity contribution in [1.29, 1.82) is 0 Å². The lowest BCUT2D eigenvalue weighted by Crippen LogP contribution is -2.58. The molecule has 4 heterocycles. The van der Waals surface area contributed by atoms with Gasteiger partial charge in [-0.05, 0) is 56.4 Å². The van der Waals surface area contributed by atoms with Crippen molar-refractivity contribution >= 4 is 34.5 Å². The van der Waals surface area contributed by atoms with Gasteiger partial charge in [0.2, 0.25) is 5.91 Å². The number of thioether (sulfide) groups is 1. The second-order valence-corrected chi connectivity index (χ2v) is 11.7. The number of phenols is 1. The summed E-state index contributed by atoms with van der Waals surface area (Å²) in [5.41, 5.74) is -0.465. The minimum absolute atomic E-state index is 0.0312. The first-order chi connectivity index (χ1) is 20.5. The molecule has 1 aliphatic rings. The number of pyridine rings is 2. The van der Waals surface area contributed by atoms with Gasteiger partial charge in [0.1, 0.15) is 23.1 Å². The van der Waals surface area contributed by atoms with Gasteiger partial charge in [0.15, 0.2) is 11.5 Å². The summed E-state index contributed by atoms with van der Waals surface area (Å²) >= 11 is 1.40. The Hall–Kier alpha value is -4.32. The van der Waals surface area contributed by atoms with Crippen molar-refractivity contribution in [3.8, 4) is 22.7 Å². The molecule has 3 aromatic heterocycles. The molecule has 0 aliphatic carbocycles. The topological polar surface area (TPSA) is 104 Å². The Morgan fingerprint density at radius 2 is 1.88 bits per heavy atom. The molecule has 5 rings (SSSR count). The maximum Gasteiger partial charge on any atom is 0.355 e. The molecule has 0 bridgehead atoms. The number of hydrogen-bond donors (Lipinski definition) is 1. The Labute approximate surface area is 251 Å². The summed E-state index contributed by atoms with van der Waals surface area (Å²) in [5, 5.41) is 10.7. The Balaban J connectivity index is 1.86. The Kier molecular flexibility index (Phi) is 8.24. The number of rotatable bonds is 6. The van der Waals surface area contributed by atoms with Crippen LogP contribution >= 0.6 is 11.8 Å². The third-order valence-electron chi connectivity index (χ3n) is 7.65. The molecule has 0 spiro atoms. The molecule has 1 saturated heterocycles. The number of anilines is 1. The maximum atomic E-state index is 15.9. The number of piperazine rings is 1. The molecule has 4 aromatic rings. The molecule has 1 fully saturated rings. The van der Waals surface area contributed by atoms with E-state index in [0.717, 1.165) is 11.0 Å². The average Bonchev–Trinajstić information content (AvgIpc) is 2.97. The highest BCUT2D eigenvalue weighted by Crippen LogP contribution is 2.38. The summed E-state index contributed by atoms with van der Waals surface area (Å²) in [5.74, 6) is -2.38. The Morgan fingerprint density at radius 1 is 1.14 bits per heavy atom. The Morgan fingerprint density at radius 3 is 2.53 bits per heavy atom. The van der Waals surface area contributed by atoms with E-state index >= 15 is 4.39 Å². The second-order valence-electron chi connectivity index (χ2n) is 10.8. The number of phenolic OH excluding ortho intramolecular Hbond substituents is 1. The van der Waals surface area contributed by atoms with Crippen LogP contribution in [0, 0.1) is 11.6 Å². The van der Waals surface area contributed by atoms with Crippen LogP contribution in [0.4, 0.5) is 14.6 Å². The van der Waals surface area contributed by atoms with Crippen LogP contribution in [0.2, 0.25) is 0 Å². The maximum absolute atomic E-state index is 15.9. The van der Waals surface area contributed by atoms with E-state index in [-0.39, 0.29) is 40.8 Å². The van der Waals surface area contributed by atoms with Crippen LogP contribution in [0.15, 0.2) is 58.9 Å². The van der Waals surface area contributed by atoms with Crippen molar-refractivity contribution in [2.45, 2.75) is 50.6 Å². The van der Waals surface area contributed by atoms with Crippen molar-refractivity contribution in [2.75, 3.05) is 24.2 Å². The lowest BCUT2D eigenvalue weighted by molar-refractivity contribution is -0.128. The number of aromatic nitrogens is 4. The number of nitrogens with zero attached hydrogens (tertiary/aromatic N) is 6. The van der Waals surface area contributed by atoms with Gasteiger partial charge in [0.25, 0.3) is 0 Å². The van der Waals surface area contributed by atoms with Crippen LogP contribution in [0.25, 0.3) is 28.0 Å². The van der Waals surface area contributed by atoms with Gasteiger partial charge in [-0.2, -0.15) is 4.98 Å². The predicted octanol–water partition coefficient (Wildman–Crippen LogP) is 5.28. The molecule has 224 valence electrons. The Bertz CT molecular complexity index is 1790. The van der Waals surface area contributed by atoms with Crippen LogP contribution in [0.1, 0.15) is 39.3 Å². The minimum atomic E-state index is -0.900. The third kappa shape index (κ3) is 5.24. The first kappa shape index (κ1) is 30.1. The van der Waals surface area contributed by atoms with Gasteiger partial charge in [0, 0.05) is 36.3 Å². The second kappa shape index (κ2) is 11.8. The molecule has 0 saturated carbocycles. The molecule has 2 atom stereocenters. The van der Waals surface area contributed by atoms with E-state index in [0.29, 0.717) is 24.5 Å². The summed E-state index contributed by atoms with van der Waals surface area (Å²) in [6.45, 7) is 11.9. The lowest BCUT2D eigenvalue weighted by atomic mass is 10.1. The molecule has 1 N–H and O–H groups in total. The largest absolute Gasteiger partial charge is 0.507 e.